The first-order valence-corrected chi connectivity index (χ1v) is 10.6. The predicted molar refractivity (Wildman–Crippen MR) is 106 cm³/mol. The van der Waals surface area contributed by atoms with Crippen molar-refractivity contribution in [3.05, 3.63) is 0 Å². The Kier molecular flexibility index (Phi) is 7.16. The monoisotopic (exact) mass is 408 g/mol. The molecule has 0 aliphatic carbocycles. The summed E-state index contributed by atoms with van der Waals surface area (Å²) in [5, 5.41) is 5.53. The average Bonchev–Trinajstić information content (AvgIpc) is 2.71. The van der Waals surface area contributed by atoms with E-state index in [1.165, 1.54) is 0 Å². The third-order valence-electron chi connectivity index (χ3n) is 5.77. The van der Waals surface area contributed by atoms with Gasteiger partial charge in [0.15, 0.2) is 0 Å². The van der Waals surface area contributed by atoms with E-state index in [1.807, 2.05) is 4.90 Å². The molecule has 6 amide bonds. The molecule has 3 aliphatic heterocycles. The SMILES string of the molecule is CCCC1CN(C(=O)CN2CCCNC2=O)CCN1C(=O)CN1CCCNC1=O. The maximum Gasteiger partial charge on any atom is 0.317 e. The summed E-state index contributed by atoms with van der Waals surface area (Å²) in [5.74, 6) is -0.145. The maximum atomic E-state index is 12.9. The van der Waals surface area contributed by atoms with Gasteiger partial charge in [-0.1, -0.05) is 13.3 Å². The molecule has 10 heteroatoms. The molecule has 1 atom stereocenters. The van der Waals surface area contributed by atoms with Crippen LogP contribution >= 0.6 is 0 Å². The van der Waals surface area contributed by atoms with Crippen LogP contribution < -0.4 is 10.6 Å². The fourth-order valence-electron chi connectivity index (χ4n) is 4.17. The molecule has 3 saturated heterocycles. The highest BCUT2D eigenvalue weighted by Gasteiger charge is 2.34. The minimum absolute atomic E-state index is 0.0618. The van der Waals surface area contributed by atoms with Gasteiger partial charge < -0.3 is 30.2 Å². The summed E-state index contributed by atoms with van der Waals surface area (Å²) in [4.78, 5) is 56.1. The largest absolute Gasteiger partial charge is 0.338 e. The Balaban J connectivity index is 1.56. The fourth-order valence-corrected chi connectivity index (χ4v) is 4.17. The van der Waals surface area contributed by atoms with E-state index in [-0.39, 0.29) is 43.0 Å². The van der Waals surface area contributed by atoms with E-state index >= 15 is 0 Å². The number of urea groups is 2. The zero-order valence-corrected chi connectivity index (χ0v) is 17.2. The van der Waals surface area contributed by atoms with Gasteiger partial charge in [-0.2, -0.15) is 0 Å². The molecule has 162 valence electrons. The van der Waals surface area contributed by atoms with Crippen molar-refractivity contribution >= 4 is 23.9 Å². The Labute approximate surface area is 171 Å². The molecular weight excluding hydrogens is 376 g/mol. The Morgan fingerprint density at radius 1 is 0.897 bits per heavy atom. The van der Waals surface area contributed by atoms with E-state index in [9.17, 15) is 19.2 Å². The number of carbonyl (C=O) groups excluding carboxylic acids is 4. The molecule has 3 aliphatic rings. The second-order valence-electron chi connectivity index (χ2n) is 7.88. The molecule has 0 saturated carbocycles. The number of nitrogens with zero attached hydrogens (tertiary/aromatic N) is 4. The summed E-state index contributed by atoms with van der Waals surface area (Å²) in [6.45, 7) is 6.07. The molecule has 0 aromatic rings. The van der Waals surface area contributed by atoms with Crippen molar-refractivity contribution in [3.63, 3.8) is 0 Å². The zero-order chi connectivity index (χ0) is 20.8. The number of carbonyl (C=O) groups is 4. The lowest BCUT2D eigenvalue weighted by Gasteiger charge is -2.43. The van der Waals surface area contributed by atoms with E-state index in [0.717, 1.165) is 25.7 Å². The van der Waals surface area contributed by atoms with Crippen molar-refractivity contribution in [3.8, 4) is 0 Å². The van der Waals surface area contributed by atoms with Crippen LogP contribution in [0.25, 0.3) is 0 Å². The Morgan fingerprint density at radius 2 is 1.48 bits per heavy atom. The third kappa shape index (κ3) is 5.30. The Bertz CT molecular complexity index is 642. The highest BCUT2D eigenvalue weighted by atomic mass is 16.2. The predicted octanol–water partition coefficient (Wildman–Crippen LogP) is -0.343. The van der Waals surface area contributed by atoms with Crippen LogP contribution in [0.3, 0.4) is 0 Å². The quantitative estimate of drug-likeness (QED) is 0.627. The summed E-state index contributed by atoms with van der Waals surface area (Å²) in [6.07, 6.45) is 3.37. The van der Waals surface area contributed by atoms with Gasteiger partial charge in [-0.05, 0) is 19.3 Å². The molecule has 3 rings (SSSR count). The zero-order valence-electron chi connectivity index (χ0n) is 17.2. The number of hydrogen-bond acceptors (Lipinski definition) is 4. The van der Waals surface area contributed by atoms with Crippen LogP contribution in [0.1, 0.15) is 32.6 Å². The molecule has 0 aromatic heterocycles. The number of nitrogens with one attached hydrogen (secondary N) is 2. The molecule has 3 fully saturated rings. The van der Waals surface area contributed by atoms with Crippen LogP contribution in [0.15, 0.2) is 0 Å². The number of hydrogen-bond donors (Lipinski definition) is 2. The highest BCUT2D eigenvalue weighted by Crippen LogP contribution is 2.17. The van der Waals surface area contributed by atoms with Crippen LogP contribution in [-0.2, 0) is 9.59 Å². The first kappa shape index (κ1) is 21.2. The van der Waals surface area contributed by atoms with Gasteiger partial charge in [-0.3, -0.25) is 9.59 Å². The van der Waals surface area contributed by atoms with Gasteiger partial charge in [-0.25, -0.2) is 9.59 Å². The summed E-state index contributed by atoms with van der Waals surface area (Å²) in [7, 11) is 0. The Morgan fingerprint density at radius 3 is 2.03 bits per heavy atom. The summed E-state index contributed by atoms with van der Waals surface area (Å²) in [5.41, 5.74) is 0. The van der Waals surface area contributed by atoms with Crippen molar-refractivity contribution in [2.75, 3.05) is 58.9 Å². The molecule has 29 heavy (non-hydrogen) atoms. The summed E-state index contributed by atoms with van der Waals surface area (Å²) >= 11 is 0. The van der Waals surface area contributed by atoms with Gasteiger partial charge >= 0.3 is 12.1 Å². The average molecular weight is 409 g/mol. The van der Waals surface area contributed by atoms with Crippen molar-refractivity contribution in [1.82, 2.24) is 30.2 Å². The molecule has 2 N–H and O–H groups in total. The summed E-state index contributed by atoms with van der Waals surface area (Å²) < 4.78 is 0. The highest BCUT2D eigenvalue weighted by molar-refractivity contribution is 5.86. The van der Waals surface area contributed by atoms with E-state index < -0.39 is 0 Å². The minimum atomic E-state index is -0.191. The van der Waals surface area contributed by atoms with Crippen LogP contribution in [0, 0.1) is 0 Å². The van der Waals surface area contributed by atoms with Crippen molar-refractivity contribution in [1.29, 1.82) is 0 Å². The van der Waals surface area contributed by atoms with E-state index in [4.69, 9.17) is 0 Å². The smallest absolute Gasteiger partial charge is 0.317 e. The standard InChI is InChI=1S/C19H32N6O4/c1-2-5-15-12-22(16(26)13-23-8-3-6-20-18(23)28)10-11-25(15)17(27)14-24-9-4-7-21-19(24)29/h15H,2-14H2,1H3,(H,20,28)(H,21,29). The number of amides is 6. The molecular formula is C19H32N6O4. The van der Waals surface area contributed by atoms with E-state index in [1.54, 1.807) is 14.7 Å². The second kappa shape index (κ2) is 9.80. The maximum absolute atomic E-state index is 12.9. The van der Waals surface area contributed by atoms with Crippen LogP contribution in [0.2, 0.25) is 0 Å². The van der Waals surface area contributed by atoms with Gasteiger partial charge in [0, 0.05) is 51.9 Å². The molecule has 0 radical (unpaired) electrons. The lowest BCUT2D eigenvalue weighted by atomic mass is 10.1. The fraction of sp³-hybridized carbons (Fsp3) is 0.789. The summed E-state index contributed by atoms with van der Waals surface area (Å²) in [6, 6.07) is -0.443. The van der Waals surface area contributed by atoms with Gasteiger partial charge in [0.2, 0.25) is 11.8 Å². The molecule has 1 unspecified atom stereocenters. The van der Waals surface area contributed by atoms with Gasteiger partial charge in [-0.15, -0.1) is 0 Å². The van der Waals surface area contributed by atoms with Crippen LogP contribution in [0.4, 0.5) is 9.59 Å². The normalized spacial score (nSPS) is 23.0. The van der Waals surface area contributed by atoms with Gasteiger partial charge in [0.05, 0.1) is 0 Å². The first-order valence-electron chi connectivity index (χ1n) is 10.6. The second-order valence-corrected chi connectivity index (χ2v) is 7.88. The van der Waals surface area contributed by atoms with E-state index in [2.05, 4.69) is 17.6 Å². The topological polar surface area (TPSA) is 105 Å². The third-order valence-corrected chi connectivity index (χ3v) is 5.77. The van der Waals surface area contributed by atoms with Crippen LogP contribution in [-0.4, -0.2) is 108 Å². The van der Waals surface area contributed by atoms with Gasteiger partial charge in [0.1, 0.15) is 13.1 Å². The molecule has 0 aromatic carbocycles. The van der Waals surface area contributed by atoms with Crippen LogP contribution in [0.5, 0.6) is 0 Å². The molecule has 0 bridgehead atoms. The molecule has 3 heterocycles. The number of piperazine rings is 1. The molecule has 0 spiro atoms. The lowest BCUT2D eigenvalue weighted by Crippen LogP contribution is -2.60. The van der Waals surface area contributed by atoms with Crippen molar-refractivity contribution < 1.29 is 19.2 Å². The minimum Gasteiger partial charge on any atom is -0.338 e. The molecule has 10 nitrogen and oxygen atoms in total. The Hall–Kier alpha value is -2.52. The lowest BCUT2D eigenvalue weighted by molar-refractivity contribution is -0.144. The number of rotatable bonds is 6. The van der Waals surface area contributed by atoms with Gasteiger partial charge in [0.25, 0.3) is 0 Å². The first-order chi connectivity index (χ1) is 14.0. The van der Waals surface area contributed by atoms with E-state index in [0.29, 0.717) is 45.8 Å². The van der Waals surface area contributed by atoms with Crippen molar-refractivity contribution in [2.24, 2.45) is 0 Å². The van der Waals surface area contributed by atoms with Crippen molar-refractivity contribution in [2.45, 2.75) is 38.6 Å².